The molecule has 2 nitrogen and oxygen atoms in total. The van der Waals surface area contributed by atoms with E-state index in [0.29, 0.717) is 24.3 Å². The molecule has 0 heterocycles. The second-order valence-corrected chi connectivity index (χ2v) is 7.45. The van der Waals surface area contributed by atoms with Gasteiger partial charge >= 0.3 is 5.97 Å². The molecule has 0 unspecified atom stereocenters. The van der Waals surface area contributed by atoms with Crippen molar-refractivity contribution in [2.45, 2.75) is 57.8 Å². The molecule has 0 aliphatic heterocycles. The number of halogens is 3. The molecule has 0 atom stereocenters. The van der Waals surface area contributed by atoms with Crippen LogP contribution < -0.4 is 0 Å². The van der Waals surface area contributed by atoms with Crippen molar-refractivity contribution in [1.82, 2.24) is 0 Å². The van der Waals surface area contributed by atoms with Crippen molar-refractivity contribution in [3.05, 3.63) is 34.3 Å². The number of methoxy groups -OCH3 is 1. The van der Waals surface area contributed by atoms with E-state index in [1.165, 1.54) is 7.11 Å². The van der Waals surface area contributed by atoms with E-state index in [-0.39, 0.29) is 24.7 Å². The number of alkyl halides is 2. The van der Waals surface area contributed by atoms with Crippen molar-refractivity contribution in [1.29, 1.82) is 0 Å². The zero-order chi connectivity index (χ0) is 17.3. The van der Waals surface area contributed by atoms with Crippen LogP contribution in [0.3, 0.4) is 0 Å². The normalized spacial score (nSPS) is 18.7. The van der Waals surface area contributed by atoms with Gasteiger partial charge in [0.05, 0.1) is 12.5 Å². The summed E-state index contributed by atoms with van der Waals surface area (Å²) in [5.41, 5.74) is 1.24. The molecule has 5 heteroatoms. The average molecular weight is 345 g/mol. The fraction of sp³-hybridized carbons (Fsp3) is 0.611. The van der Waals surface area contributed by atoms with Gasteiger partial charge in [0.15, 0.2) is 0 Å². The third-order valence-corrected chi connectivity index (χ3v) is 4.93. The van der Waals surface area contributed by atoms with Gasteiger partial charge in [0, 0.05) is 17.9 Å². The second-order valence-electron chi connectivity index (χ2n) is 7.04. The van der Waals surface area contributed by atoms with Crippen LogP contribution >= 0.6 is 11.6 Å². The van der Waals surface area contributed by atoms with Gasteiger partial charge in [-0.1, -0.05) is 23.7 Å². The van der Waals surface area contributed by atoms with Gasteiger partial charge in [0.2, 0.25) is 5.92 Å². The predicted octanol–water partition coefficient (Wildman–Crippen LogP) is 5.37. The Labute approximate surface area is 141 Å². The van der Waals surface area contributed by atoms with Crippen LogP contribution in [0.5, 0.6) is 0 Å². The molecule has 1 aromatic rings. The minimum Gasteiger partial charge on any atom is -0.469 e. The highest BCUT2D eigenvalue weighted by Crippen LogP contribution is 2.43. The number of carbonyl (C=O) groups excluding carboxylic acids is 1. The molecular weight excluding hydrogens is 322 g/mol. The standard InChI is InChI=1S/C18H23ClF2O2/c1-17(2,16(22)23-3)11-12-4-5-14(15(19)10-12)13-6-8-18(20,21)9-7-13/h4-5,10,13H,6-9,11H2,1-3H3. The van der Waals surface area contributed by atoms with E-state index in [1.54, 1.807) is 0 Å². The molecule has 1 aliphatic rings. The quantitative estimate of drug-likeness (QED) is 0.686. The van der Waals surface area contributed by atoms with E-state index < -0.39 is 11.3 Å². The summed E-state index contributed by atoms with van der Waals surface area (Å²) in [6.45, 7) is 3.65. The summed E-state index contributed by atoms with van der Waals surface area (Å²) < 4.78 is 31.4. The van der Waals surface area contributed by atoms with Crippen molar-refractivity contribution in [3.63, 3.8) is 0 Å². The van der Waals surface area contributed by atoms with Crippen LogP contribution in [0.15, 0.2) is 18.2 Å². The first-order valence-corrected chi connectivity index (χ1v) is 8.27. The zero-order valence-electron chi connectivity index (χ0n) is 13.8. The highest BCUT2D eigenvalue weighted by Gasteiger charge is 2.36. The molecule has 23 heavy (non-hydrogen) atoms. The number of hydrogen-bond donors (Lipinski definition) is 0. The van der Waals surface area contributed by atoms with Crippen LogP contribution in [0, 0.1) is 5.41 Å². The summed E-state index contributed by atoms with van der Waals surface area (Å²) in [6.07, 6.45) is 1.28. The first-order chi connectivity index (χ1) is 10.6. The fourth-order valence-corrected chi connectivity index (χ4v) is 3.58. The van der Waals surface area contributed by atoms with E-state index in [4.69, 9.17) is 16.3 Å². The molecule has 0 radical (unpaired) electrons. The van der Waals surface area contributed by atoms with E-state index in [1.807, 2.05) is 32.0 Å². The number of benzene rings is 1. The van der Waals surface area contributed by atoms with Crippen LogP contribution in [0.2, 0.25) is 5.02 Å². The van der Waals surface area contributed by atoms with E-state index in [0.717, 1.165) is 11.1 Å². The van der Waals surface area contributed by atoms with Gasteiger partial charge in [-0.3, -0.25) is 4.79 Å². The minimum absolute atomic E-state index is 0.0783. The summed E-state index contributed by atoms with van der Waals surface area (Å²) in [6, 6.07) is 5.69. The summed E-state index contributed by atoms with van der Waals surface area (Å²) in [5.74, 6) is -2.72. The minimum atomic E-state index is -2.53. The number of carbonyl (C=O) groups is 1. The SMILES string of the molecule is COC(=O)C(C)(C)Cc1ccc(C2CCC(F)(F)CC2)c(Cl)c1. The van der Waals surface area contributed by atoms with Gasteiger partial charge in [0.25, 0.3) is 0 Å². The molecule has 1 saturated carbocycles. The van der Waals surface area contributed by atoms with Gasteiger partial charge in [0.1, 0.15) is 0 Å². The van der Waals surface area contributed by atoms with Gasteiger partial charge in [-0.15, -0.1) is 0 Å². The maximum atomic E-state index is 13.3. The van der Waals surface area contributed by atoms with Crippen molar-refractivity contribution < 1.29 is 18.3 Å². The van der Waals surface area contributed by atoms with E-state index >= 15 is 0 Å². The molecule has 0 aromatic heterocycles. The van der Waals surface area contributed by atoms with Crippen molar-refractivity contribution in [2.24, 2.45) is 5.41 Å². The van der Waals surface area contributed by atoms with Crippen LogP contribution in [0.4, 0.5) is 8.78 Å². The lowest BCUT2D eigenvalue weighted by Gasteiger charge is -2.29. The van der Waals surface area contributed by atoms with Gasteiger partial charge in [-0.25, -0.2) is 8.78 Å². The topological polar surface area (TPSA) is 26.3 Å². The number of esters is 1. The van der Waals surface area contributed by atoms with Crippen molar-refractivity contribution >= 4 is 17.6 Å². The van der Waals surface area contributed by atoms with Crippen molar-refractivity contribution in [3.8, 4) is 0 Å². The van der Waals surface area contributed by atoms with E-state index in [9.17, 15) is 13.6 Å². The Morgan fingerprint density at radius 1 is 1.35 bits per heavy atom. The molecule has 0 amide bonds. The Hall–Kier alpha value is -1.16. The van der Waals surface area contributed by atoms with Crippen molar-refractivity contribution in [2.75, 3.05) is 7.11 Å². The highest BCUT2D eigenvalue weighted by molar-refractivity contribution is 6.31. The lowest BCUT2D eigenvalue weighted by atomic mass is 9.81. The van der Waals surface area contributed by atoms with Gasteiger partial charge in [-0.05, 0) is 56.2 Å². The Morgan fingerprint density at radius 3 is 2.48 bits per heavy atom. The fourth-order valence-electron chi connectivity index (χ4n) is 3.22. The third kappa shape index (κ3) is 4.43. The largest absolute Gasteiger partial charge is 0.469 e. The molecule has 0 bridgehead atoms. The number of rotatable bonds is 4. The Morgan fingerprint density at radius 2 is 1.96 bits per heavy atom. The molecule has 2 rings (SSSR count). The first-order valence-electron chi connectivity index (χ1n) is 7.89. The predicted molar refractivity (Wildman–Crippen MR) is 87.1 cm³/mol. The average Bonchev–Trinajstić information content (AvgIpc) is 2.47. The van der Waals surface area contributed by atoms with Crippen LogP contribution in [0.1, 0.15) is 56.6 Å². The van der Waals surface area contributed by atoms with Gasteiger partial charge < -0.3 is 4.74 Å². The first kappa shape index (κ1) is 18.2. The summed E-state index contributed by atoms with van der Waals surface area (Å²) >= 11 is 6.37. The van der Waals surface area contributed by atoms with Crippen LogP contribution in [-0.4, -0.2) is 19.0 Å². The maximum absolute atomic E-state index is 13.3. The zero-order valence-corrected chi connectivity index (χ0v) is 14.6. The van der Waals surface area contributed by atoms with Crippen LogP contribution in [0.25, 0.3) is 0 Å². The Bertz CT molecular complexity index is 574. The number of hydrogen-bond acceptors (Lipinski definition) is 2. The molecule has 0 saturated heterocycles. The molecule has 1 fully saturated rings. The maximum Gasteiger partial charge on any atom is 0.311 e. The molecular formula is C18H23ClF2O2. The van der Waals surface area contributed by atoms with Gasteiger partial charge in [-0.2, -0.15) is 0 Å². The molecule has 0 spiro atoms. The summed E-state index contributed by atoms with van der Waals surface area (Å²) in [7, 11) is 1.37. The number of ether oxygens (including phenoxy) is 1. The molecule has 0 N–H and O–H groups in total. The Balaban J connectivity index is 2.11. The second kappa shape index (κ2) is 6.76. The lowest BCUT2D eigenvalue weighted by molar-refractivity contribution is -0.150. The summed E-state index contributed by atoms with van der Waals surface area (Å²) in [4.78, 5) is 11.8. The lowest BCUT2D eigenvalue weighted by Crippen LogP contribution is -2.28. The summed E-state index contributed by atoms with van der Waals surface area (Å²) in [5, 5.41) is 0.596. The molecule has 1 aliphatic carbocycles. The highest BCUT2D eigenvalue weighted by atomic mass is 35.5. The monoisotopic (exact) mass is 344 g/mol. The smallest absolute Gasteiger partial charge is 0.311 e. The molecule has 1 aromatic carbocycles. The van der Waals surface area contributed by atoms with Crippen LogP contribution in [-0.2, 0) is 16.0 Å². The van der Waals surface area contributed by atoms with E-state index in [2.05, 4.69) is 0 Å². The third-order valence-electron chi connectivity index (χ3n) is 4.61. The molecule has 128 valence electrons. The Kier molecular flexibility index (Phi) is 5.34.